The maximum absolute atomic E-state index is 13.3. The van der Waals surface area contributed by atoms with Gasteiger partial charge in [0, 0.05) is 5.69 Å². The highest BCUT2D eigenvalue weighted by Gasteiger charge is 2.26. The van der Waals surface area contributed by atoms with E-state index < -0.39 is 17.8 Å². The number of nitrogens with zero attached hydrogens (tertiary/aromatic N) is 2. The average Bonchev–Trinajstić information content (AvgIpc) is 2.60. The van der Waals surface area contributed by atoms with Crippen molar-refractivity contribution in [3.63, 3.8) is 0 Å². The van der Waals surface area contributed by atoms with Crippen LogP contribution in [0.1, 0.15) is 19.9 Å². The molecule has 0 fully saturated rings. The normalized spacial score (nSPS) is 12.3. The number of carbonyl (C=O) groups excluding carboxylic acids is 1. The van der Waals surface area contributed by atoms with Gasteiger partial charge < -0.3 is 5.32 Å². The summed E-state index contributed by atoms with van der Waals surface area (Å²) in [4.78, 5) is 29.9. The van der Waals surface area contributed by atoms with Gasteiger partial charge in [-0.15, -0.1) is 0 Å². The molecule has 1 amide bonds. The smallest absolute Gasteiger partial charge is 0.261 e. The Bertz CT molecular complexity index is 1030. The van der Waals surface area contributed by atoms with Crippen LogP contribution in [0.3, 0.4) is 0 Å². The van der Waals surface area contributed by atoms with Crippen molar-refractivity contribution in [2.75, 3.05) is 5.32 Å². The van der Waals surface area contributed by atoms with E-state index >= 15 is 0 Å². The van der Waals surface area contributed by atoms with Gasteiger partial charge in [-0.25, -0.2) is 9.37 Å². The van der Waals surface area contributed by atoms with Crippen LogP contribution in [0, 0.1) is 11.7 Å². The summed E-state index contributed by atoms with van der Waals surface area (Å²) < 4.78 is 14.6. The van der Waals surface area contributed by atoms with E-state index in [-0.39, 0.29) is 16.5 Å². The van der Waals surface area contributed by atoms with Gasteiger partial charge in [0.2, 0.25) is 5.91 Å². The molecule has 7 heteroatoms. The van der Waals surface area contributed by atoms with Crippen LogP contribution >= 0.6 is 11.6 Å². The van der Waals surface area contributed by atoms with E-state index in [1.165, 1.54) is 29.1 Å². The second-order valence-corrected chi connectivity index (χ2v) is 6.69. The summed E-state index contributed by atoms with van der Waals surface area (Å²) >= 11 is 5.76. The van der Waals surface area contributed by atoms with Crippen LogP contribution in [0.4, 0.5) is 10.1 Å². The number of fused-ring (bicyclic) bond motifs is 1. The van der Waals surface area contributed by atoms with E-state index in [0.29, 0.717) is 16.6 Å². The van der Waals surface area contributed by atoms with Crippen molar-refractivity contribution in [2.45, 2.75) is 19.9 Å². The molecule has 0 aliphatic carbocycles. The first-order valence-electron chi connectivity index (χ1n) is 8.10. The Hall–Kier alpha value is -2.73. The van der Waals surface area contributed by atoms with E-state index in [1.807, 2.05) is 13.8 Å². The lowest BCUT2D eigenvalue weighted by molar-refractivity contribution is -0.120. The average molecular weight is 374 g/mol. The largest absolute Gasteiger partial charge is 0.324 e. The maximum Gasteiger partial charge on any atom is 0.261 e. The number of hydrogen-bond donors (Lipinski definition) is 1. The number of nitrogens with one attached hydrogen (secondary N) is 1. The Labute approximate surface area is 154 Å². The molecule has 5 nitrogen and oxygen atoms in total. The summed E-state index contributed by atoms with van der Waals surface area (Å²) in [5, 5.41) is 3.04. The molecule has 1 atom stereocenters. The highest BCUT2D eigenvalue weighted by Crippen LogP contribution is 2.23. The molecule has 1 unspecified atom stereocenters. The number of aromatic nitrogens is 2. The van der Waals surface area contributed by atoms with Gasteiger partial charge in [0.05, 0.1) is 22.3 Å². The second kappa shape index (κ2) is 7.25. The van der Waals surface area contributed by atoms with Crippen LogP contribution < -0.4 is 10.9 Å². The maximum atomic E-state index is 13.3. The molecule has 0 saturated carbocycles. The highest BCUT2D eigenvalue weighted by atomic mass is 35.5. The molecule has 0 bridgehead atoms. The number of hydrogen-bond acceptors (Lipinski definition) is 3. The molecule has 2 aromatic carbocycles. The van der Waals surface area contributed by atoms with Gasteiger partial charge >= 0.3 is 0 Å². The minimum atomic E-state index is -0.775. The molecule has 3 rings (SSSR count). The third kappa shape index (κ3) is 3.46. The van der Waals surface area contributed by atoms with Crippen LogP contribution in [0.2, 0.25) is 5.02 Å². The zero-order valence-corrected chi connectivity index (χ0v) is 15.0. The fourth-order valence-corrected chi connectivity index (χ4v) is 3.00. The summed E-state index contributed by atoms with van der Waals surface area (Å²) in [6.45, 7) is 3.67. The number of anilines is 1. The lowest BCUT2D eigenvalue weighted by Gasteiger charge is -2.22. The van der Waals surface area contributed by atoms with Gasteiger partial charge in [-0.3, -0.25) is 14.2 Å². The summed E-state index contributed by atoms with van der Waals surface area (Å²) in [5.41, 5.74) is 0.636. The van der Waals surface area contributed by atoms with Crippen molar-refractivity contribution in [2.24, 2.45) is 5.92 Å². The summed E-state index contributed by atoms with van der Waals surface area (Å²) in [7, 11) is 0. The van der Waals surface area contributed by atoms with E-state index in [9.17, 15) is 14.0 Å². The summed E-state index contributed by atoms with van der Waals surface area (Å²) in [5.74, 6) is -1.14. The molecule has 134 valence electrons. The zero-order chi connectivity index (χ0) is 18.8. The first kappa shape index (κ1) is 18.1. The molecule has 0 aliphatic rings. The molecule has 1 heterocycles. The van der Waals surface area contributed by atoms with Gasteiger partial charge in [-0.05, 0) is 36.2 Å². The molecule has 3 aromatic rings. The van der Waals surface area contributed by atoms with E-state index in [1.54, 1.807) is 24.3 Å². The monoisotopic (exact) mass is 373 g/mol. The van der Waals surface area contributed by atoms with Crippen molar-refractivity contribution in [1.29, 1.82) is 0 Å². The number of rotatable bonds is 4. The summed E-state index contributed by atoms with van der Waals surface area (Å²) in [6.07, 6.45) is 1.38. The molecular formula is C19H17ClFN3O2. The second-order valence-electron chi connectivity index (χ2n) is 6.28. The minimum Gasteiger partial charge on any atom is -0.324 e. The van der Waals surface area contributed by atoms with Crippen LogP contribution in [-0.4, -0.2) is 15.5 Å². The first-order valence-corrected chi connectivity index (χ1v) is 8.48. The lowest BCUT2D eigenvalue weighted by atomic mass is 10.0. The van der Waals surface area contributed by atoms with E-state index in [2.05, 4.69) is 10.3 Å². The van der Waals surface area contributed by atoms with Gasteiger partial charge in [-0.2, -0.15) is 0 Å². The number of halogens is 2. The highest BCUT2D eigenvalue weighted by molar-refractivity contribution is 6.31. The van der Waals surface area contributed by atoms with Crippen molar-refractivity contribution in [3.8, 4) is 0 Å². The third-order valence-electron chi connectivity index (χ3n) is 4.08. The molecule has 0 spiro atoms. The Balaban J connectivity index is 1.99. The van der Waals surface area contributed by atoms with Crippen molar-refractivity contribution < 1.29 is 9.18 Å². The number of amides is 1. The Kier molecular flexibility index (Phi) is 5.04. The predicted octanol–water partition coefficient (Wildman–Crippen LogP) is 4.02. The SMILES string of the molecule is CC(C)C(C(=O)Nc1ccc(F)c(Cl)c1)n1cnc2ccccc2c1=O. The number of carbonyl (C=O) groups is 1. The molecule has 0 aliphatic heterocycles. The van der Waals surface area contributed by atoms with Gasteiger partial charge in [0.15, 0.2) is 0 Å². The van der Waals surface area contributed by atoms with Crippen LogP contribution in [0.15, 0.2) is 53.6 Å². The van der Waals surface area contributed by atoms with Crippen LogP contribution in [0.5, 0.6) is 0 Å². The molecule has 26 heavy (non-hydrogen) atoms. The van der Waals surface area contributed by atoms with Crippen molar-refractivity contribution in [3.05, 3.63) is 70.0 Å². The fraction of sp³-hybridized carbons (Fsp3) is 0.211. The Morgan fingerprint density at radius 2 is 1.96 bits per heavy atom. The third-order valence-corrected chi connectivity index (χ3v) is 4.37. The quantitative estimate of drug-likeness (QED) is 0.751. The predicted molar refractivity (Wildman–Crippen MR) is 99.9 cm³/mol. The fourth-order valence-electron chi connectivity index (χ4n) is 2.82. The topological polar surface area (TPSA) is 64.0 Å². The van der Waals surface area contributed by atoms with Crippen molar-refractivity contribution in [1.82, 2.24) is 9.55 Å². The first-order chi connectivity index (χ1) is 12.4. The standard InChI is InChI=1S/C19H17ClFN3O2/c1-11(2)17(18(25)23-12-7-8-15(21)14(20)9-12)24-10-22-16-6-4-3-5-13(16)19(24)26/h3-11,17H,1-2H3,(H,23,25). The van der Waals surface area contributed by atoms with Crippen molar-refractivity contribution >= 4 is 34.1 Å². The molecule has 0 radical (unpaired) electrons. The molecular weight excluding hydrogens is 357 g/mol. The van der Waals surface area contributed by atoms with E-state index in [0.717, 1.165) is 0 Å². The summed E-state index contributed by atoms with van der Waals surface area (Å²) in [6, 6.07) is 10.1. The Morgan fingerprint density at radius 1 is 1.23 bits per heavy atom. The van der Waals surface area contributed by atoms with Gasteiger partial charge in [0.25, 0.3) is 5.56 Å². The molecule has 1 N–H and O–H groups in total. The van der Waals surface area contributed by atoms with Crippen LogP contribution in [-0.2, 0) is 4.79 Å². The van der Waals surface area contributed by atoms with Gasteiger partial charge in [-0.1, -0.05) is 37.6 Å². The molecule has 1 aromatic heterocycles. The van der Waals surface area contributed by atoms with E-state index in [4.69, 9.17) is 11.6 Å². The zero-order valence-electron chi connectivity index (χ0n) is 14.2. The Morgan fingerprint density at radius 3 is 2.65 bits per heavy atom. The van der Waals surface area contributed by atoms with Crippen LogP contribution in [0.25, 0.3) is 10.9 Å². The lowest BCUT2D eigenvalue weighted by Crippen LogP contribution is -2.36. The minimum absolute atomic E-state index is 0.0894. The number of benzene rings is 2. The molecule has 0 saturated heterocycles. The van der Waals surface area contributed by atoms with Gasteiger partial charge in [0.1, 0.15) is 11.9 Å². The number of para-hydroxylation sites is 1.